The Morgan fingerprint density at radius 3 is 2.28 bits per heavy atom. The predicted molar refractivity (Wildman–Crippen MR) is 105 cm³/mol. The minimum Gasteiger partial charge on any atom is -0.444 e. The van der Waals surface area contributed by atoms with E-state index < -0.39 is 35.5 Å². The van der Waals surface area contributed by atoms with Crippen molar-refractivity contribution in [3.63, 3.8) is 0 Å². The summed E-state index contributed by atoms with van der Waals surface area (Å²) in [4.78, 5) is 52.8. The summed E-state index contributed by atoms with van der Waals surface area (Å²) in [5.41, 5.74) is 0.0321. The third kappa shape index (κ3) is 4.41. The van der Waals surface area contributed by atoms with Crippen LogP contribution in [0.1, 0.15) is 61.3 Å². The van der Waals surface area contributed by atoms with Crippen molar-refractivity contribution in [3.8, 4) is 0 Å². The molecule has 1 aromatic carbocycles. The minimum atomic E-state index is -0.945. The van der Waals surface area contributed by atoms with Gasteiger partial charge in [-0.2, -0.15) is 0 Å². The van der Waals surface area contributed by atoms with Crippen molar-refractivity contribution in [1.29, 1.82) is 0 Å². The fourth-order valence-electron chi connectivity index (χ4n) is 3.59. The van der Waals surface area contributed by atoms with Gasteiger partial charge in [-0.25, -0.2) is 4.79 Å². The zero-order valence-electron chi connectivity index (χ0n) is 17.2. The summed E-state index contributed by atoms with van der Waals surface area (Å²) in [5.74, 6) is -1.35. The first-order valence-electron chi connectivity index (χ1n) is 9.83. The third-order valence-electron chi connectivity index (χ3n) is 5.01. The molecular weight excluding hydrogens is 374 g/mol. The smallest absolute Gasteiger partial charge is 0.410 e. The van der Waals surface area contributed by atoms with Gasteiger partial charge < -0.3 is 15.0 Å². The highest BCUT2D eigenvalue weighted by molar-refractivity contribution is 6.22. The van der Waals surface area contributed by atoms with E-state index in [2.05, 4.69) is 5.32 Å². The molecule has 2 heterocycles. The van der Waals surface area contributed by atoms with Crippen LogP contribution in [0.3, 0.4) is 0 Å². The van der Waals surface area contributed by atoms with Gasteiger partial charge >= 0.3 is 6.09 Å². The maximum Gasteiger partial charge on any atom is 0.410 e. The van der Waals surface area contributed by atoms with Gasteiger partial charge in [0, 0.05) is 19.1 Å². The van der Waals surface area contributed by atoms with Crippen LogP contribution in [0.5, 0.6) is 0 Å². The Hall–Kier alpha value is -2.90. The van der Waals surface area contributed by atoms with Crippen LogP contribution in [0.15, 0.2) is 24.3 Å². The molecule has 3 rings (SSSR count). The quantitative estimate of drug-likeness (QED) is 0.784. The van der Waals surface area contributed by atoms with Gasteiger partial charge in [-0.1, -0.05) is 12.1 Å². The number of carbonyl (C=O) groups is 4. The summed E-state index contributed by atoms with van der Waals surface area (Å²) in [6, 6.07) is 5.33. The van der Waals surface area contributed by atoms with E-state index in [0.29, 0.717) is 30.6 Å². The van der Waals surface area contributed by atoms with Gasteiger partial charge in [0.25, 0.3) is 11.8 Å². The van der Waals surface area contributed by atoms with Gasteiger partial charge in [-0.05, 0) is 52.7 Å². The van der Waals surface area contributed by atoms with Crippen molar-refractivity contribution in [2.75, 3.05) is 13.1 Å². The number of imide groups is 1. The van der Waals surface area contributed by atoms with E-state index in [-0.39, 0.29) is 6.04 Å². The zero-order valence-corrected chi connectivity index (χ0v) is 17.2. The van der Waals surface area contributed by atoms with E-state index in [4.69, 9.17) is 4.74 Å². The molecule has 0 spiro atoms. The highest BCUT2D eigenvalue weighted by Crippen LogP contribution is 2.24. The Labute approximate surface area is 170 Å². The molecule has 4 amide bonds. The molecule has 1 N–H and O–H groups in total. The number of piperidine rings is 1. The van der Waals surface area contributed by atoms with E-state index in [9.17, 15) is 19.2 Å². The number of hydrogen-bond donors (Lipinski definition) is 1. The number of benzene rings is 1. The van der Waals surface area contributed by atoms with Crippen LogP contribution in [-0.2, 0) is 9.53 Å². The number of amides is 4. The molecule has 1 fully saturated rings. The molecule has 0 aromatic heterocycles. The van der Waals surface area contributed by atoms with E-state index in [1.165, 1.54) is 6.92 Å². The van der Waals surface area contributed by atoms with Crippen LogP contribution in [0.4, 0.5) is 4.79 Å². The van der Waals surface area contributed by atoms with Gasteiger partial charge in [0.2, 0.25) is 5.91 Å². The number of carbonyl (C=O) groups excluding carboxylic acids is 4. The van der Waals surface area contributed by atoms with Crippen molar-refractivity contribution in [2.24, 2.45) is 0 Å². The standard InChI is InChI=1S/C21H27N3O5/c1-13(24-18(26)15-9-5-6-10-16(15)19(24)27)17(25)22-14-8-7-11-23(12-14)20(28)29-21(2,3)4/h5-6,9-10,13-14H,7-8,11-12H2,1-4H3,(H,22,25). The van der Waals surface area contributed by atoms with Gasteiger partial charge in [0.05, 0.1) is 11.1 Å². The Kier molecular flexibility index (Phi) is 5.64. The van der Waals surface area contributed by atoms with Crippen molar-refractivity contribution in [2.45, 2.75) is 58.2 Å². The molecule has 1 aromatic rings. The van der Waals surface area contributed by atoms with Crippen LogP contribution in [-0.4, -0.2) is 64.4 Å². The lowest BCUT2D eigenvalue weighted by atomic mass is 10.1. The Morgan fingerprint density at radius 2 is 1.72 bits per heavy atom. The van der Waals surface area contributed by atoms with E-state index in [1.54, 1.807) is 49.9 Å². The lowest BCUT2D eigenvalue weighted by molar-refractivity contribution is -0.125. The number of nitrogens with one attached hydrogen (secondary N) is 1. The molecule has 0 aliphatic carbocycles. The Bertz CT molecular complexity index is 810. The Morgan fingerprint density at radius 1 is 1.14 bits per heavy atom. The fourth-order valence-corrected chi connectivity index (χ4v) is 3.59. The van der Waals surface area contributed by atoms with Gasteiger partial charge in [0.1, 0.15) is 11.6 Å². The molecule has 1 saturated heterocycles. The molecule has 29 heavy (non-hydrogen) atoms. The second kappa shape index (κ2) is 7.85. The summed E-state index contributed by atoms with van der Waals surface area (Å²) < 4.78 is 5.40. The third-order valence-corrected chi connectivity index (χ3v) is 5.01. The van der Waals surface area contributed by atoms with E-state index >= 15 is 0 Å². The lowest BCUT2D eigenvalue weighted by Crippen LogP contribution is -2.55. The zero-order chi connectivity index (χ0) is 21.3. The number of likely N-dealkylation sites (tertiary alicyclic amines) is 1. The summed E-state index contributed by atoms with van der Waals surface area (Å²) >= 11 is 0. The second-order valence-corrected chi connectivity index (χ2v) is 8.48. The molecule has 2 aliphatic heterocycles. The van der Waals surface area contributed by atoms with Crippen LogP contribution in [0.25, 0.3) is 0 Å². The molecule has 2 aliphatic rings. The van der Waals surface area contributed by atoms with Crippen LogP contribution >= 0.6 is 0 Å². The highest BCUT2D eigenvalue weighted by atomic mass is 16.6. The summed E-state index contributed by atoms with van der Waals surface area (Å²) in [7, 11) is 0. The number of fused-ring (bicyclic) bond motifs is 1. The molecule has 156 valence electrons. The highest BCUT2D eigenvalue weighted by Gasteiger charge is 2.41. The number of hydrogen-bond acceptors (Lipinski definition) is 5. The summed E-state index contributed by atoms with van der Waals surface area (Å²) in [5, 5.41) is 2.88. The summed E-state index contributed by atoms with van der Waals surface area (Å²) in [6.45, 7) is 7.84. The molecule has 0 bridgehead atoms. The maximum absolute atomic E-state index is 12.8. The first-order chi connectivity index (χ1) is 13.6. The average molecular weight is 401 g/mol. The first kappa shape index (κ1) is 20.8. The van der Waals surface area contributed by atoms with Gasteiger partial charge in [0.15, 0.2) is 0 Å². The maximum atomic E-state index is 12.8. The van der Waals surface area contributed by atoms with Crippen molar-refractivity contribution in [1.82, 2.24) is 15.1 Å². The topological polar surface area (TPSA) is 96.0 Å². The minimum absolute atomic E-state index is 0.263. The van der Waals surface area contributed by atoms with Crippen molar-refractivity contribution >= 4 is 23.8 Å². The molecule has 2 unspecified atom stereocenters. The van der Waals surface area contributed by atoms with Crippen LogP contribution in [0.2, 0.25) is 0 Å². The van der Waals surface area contributed by atoms with Crippen LogP contribution < -0.4 is 5.32 Å². The molecule has 8 nitrogen and oxygen atoms in total. The fraction of sp³-hybridized carbons (Fsp3) is 0.524. The summed E-state index contributed by atoms with van der Waals surface area (Å²) in [6.07, 6.45) is 1.02. The normalized spacial score (nSPS) is 20.3. The van der Waals surface area contributed by atoms with Crippen molar-refractivity contribution in [3.05, 3.63) is 35.4 Å². The molecule has 0 radical (unpaired) electrons. The number of rotatable bonds is 3. The van der Waals surface area contributed by atoms with Crippen LogP contribution in [0, 0.1) is 0 Å². The molecular formula is C21H27N3O5. The lowest BCUT2D eigenvalue weighted by Gasteiger charge is -2.35. The van der Waals surface area contributed by atoms with Gasteiger partial charge in [-0.3, -0.25) is 19.3 Å². The monoisotopic (exact) mass is 401 g/mol. The Balaban J connectivity index is 1.62. The average Bonchev–Trinajstić information content (AvgIpc) is 2.91. The molecule has 2 atom stereocenters. The first-order valence-corrected chi connectivity index (χ1v) is 9.83. The molecule has 0 saturated carbocycles. The largest absolute Gasteiger partial charge is 0.444 e. The predicted octanol–water partition coefficient (Wildman–Crippen LogP) is 2.19. The van der Waals surface area contributed by atoms with Crippen molar-refractivity contribution < 1.29 is 23.9 Å². The van der Waals surface area contributed by atoms with Gasteiger partial charge in [-0.15, -0.1) is 0 Å². The van der Waals surface area contributed by atoms with E-state index in [1.807, 2.05) is 0 Å². The number of nitrogens with zero attached hydrogens (tertiary/aromatic N) is 2. The van der Waals surface area contributed by atoms with E-state index in [0.717, 1.165) is 11.3 Å². The number of ether oxygens (including phenoxy) is 1. The SMILES string of the molecule is CC(C(=O)NC1CCCN(C(=O)OC(C)(C)C)C1)N1C(=O)c2ccccc2C1=O. The second-order valence-electron chi connectivity index (χ2n) is 8.48. The molecule has 8 heteroatoms.